The van der Waals surface area contributed by atoms with Gasteiger partial charge in [-0.15, -0.1) is 0 Å². The van der Waals surface area contributed by atoms with Crippen molar-refractivity contribution in [2.24, 2.45) is 0 Å². The molecule has 1 aromatic heterocycles. The fraction of sp³-hybridized carbons (Fsp3) is 0.500. The summed E-state index contributed by atoms with van der Waals surface area (Å²) in [6, 6.07) is 3.65. The zero-order valence-corrected chi connectivity index (χ0v) is 6.78. The van der Waals surface area contributed by atoms with Crippen LogP contribution in [0.15, 0.2) is 12.1 Å². The van der Waals surface area contributed by atoms with Gasteiger partial charge in [-0.3, -0.25) is 0 Å². The lowest BCUT2D eigenvalue weighted by Crippen LogP contribution is -2.00. The first-order valence-corrected chi connectivity index (χ1v) is 3.72. The summed E-state index contributed by atoms with van der Waals surface area (Å²) in [5.74, 6) is 0. The Morgan fingerprint density at radius 2 is 2.18 bits per heavy atom. The summed E-state index contributed by atoms with van der Waals surface area (Å²) in [6.45, 7) is 3.78. The molecule has 11 heavy (non-hydrogen) atoms. The van der Waals surface area contributed by atoms with E-state index in [0.717, 1.165) is 5.69 Å². The Bertz CT molecular complexity index is 220. The molecule has 0 saturated heterocycles. The zero-order valence-electron chi connectivity index (χ0n) is 6.78. The van der Waals surface area contributed by atoms with Gasteiger partial charge in [0.15, 0.2) is 0 Å². The first-order valence-electron chi connectivity index (χ1n) is 3.72. The molecule has 3 heteroatoms. The van der Waals surface area contributed by atoms with Gasteiger partial charge < -0.3 is 5.11 Å². The molecule has 0 spiro atoms. The third-order valence-electron chi connectivity index (χ3n) is 1.55. The van der Waals surface area contributed by atoms with Gasteiger partial charge in [-0.25, -0.2) is 0 Å². The molecule has 0 aliphatic carbocycles. The topological polar surface area (TPSA) is 46.0 Å². The minimum atomic E-state index is -0.469. The van der Waals surface area contributed by atoms with Gasteiger partial charge in [0.05, 0.1) is 17.5 Å². The number of hydrogen-bond donors (Lipinski definition) is 1. The highest BCUT2D eigenvalue weighted by Gasteiger charge is 2.05. The monoisotopic (exact) mass is 152 g/mol. The van der Waals surface area contributed by atoms with E-state index in [4.69, 9.17) is 0 Å². The van der Waals surface area contributed by atoms with Crippen molar-refractivity contribution >= 4 is 0 Å². The second-order valence-electron chi connectivity index (χ2n) is 2.52. The molecular formula is C8H12N2O. The first-order chi connectivity index (χ1) is 5.24. The summed E-state index contributed by atoms with van der Waals surface area (Å²) in [7, 11) is 0. The Morgan fingerprint density at radius 3 is 2.64 bits per heavy atom. The maximum Gasteiger partial charge on any atom is 0.0975 e. The van der Waals surface area contributed by atoms with E-state index in [9.17, 15) is 5.11 Å². The van der Waals surface area contributed by atoms with E-state index in [-0.39, 0.29) is 0 Å². The molecule has 1 unspecified atom stereocenters. The summed E-state index contributed by atoms with van der Waals surface area (Å²) < 4.78 is 0. The Morgan fingerprint density at radius 1 is 1.45 bits per heavy atom. The van der Waals surface area contributed by atoms with Crippen molar-refractivity contribution in [2.75, 3.05) is 0 Å². The molecule has 1 rings (SSSR count). The van der Waals surface area contributed by atoms with E-state index in [1.807, 2.05) is 19.9 Å². The van der Waals surface area contributed by atoms with Gasteiger partial charge in [0.2, 0.25) is 0 Å². The predicted octanol–water partition coefficient (Wildman–Crippen LogP) is 1.23. The Labute approximate surface area is 66.1 Å². The van der Waals surface area contributed by atoms with Crippen molar-refractivity contribution in [1.82, 2.24) is 10.2 Å². The van der Waals surface area contributed by atoms with Gasteiger partial charge in [0, 0.05) is 0 Å². The van der Waals surface area contributed by atoms with Crippen LogP contribution in [0.1, 0.15) is 30.8 Å². The Kier molecular flexibility index (Phi) is 2.54. The van der Waals surface area contributed by atoms with E-state index >= 15 is 0 Å². The lowest BCUT2D eigenvalue weighted by Gasteiger charge is -2.04. The van der Waals surface area contributed by atoms with Crippen LogP contribution in [0.25, 0.3) is 0 Å². The average Bonchev–Trinajstić information content (AvgIpc) is 2.05. The Balaban J connectivity index is 2.81. The van der Waals surface area contributed by atoms with Crippen LogP contribution in [0.4, 0.5) is 0 Å². The quantitative estimate of drug-likeness (QED) is 0.693. The van der Waals surface area contributed by atoms with Gasteiger partial charge in [-0.2, -0.15) is 10.2 Å². The van der Waals surface area contributed by atoms with Gasteiger partial charge in [-0.1, -0.05) is 6.92 Å². The summed E-state index contributed by atoms with van der Waals surface area (Å²) in [5, 5.41) is 17.0. The number of nitrogens with zero attached hydrogens (tertiary/aromatic N) is 2. The van der Waals surface area contributed by atoms with Crippen molar-refractivity contribution in [3.8, 4) is 0 Å². The fourth-order valence-corrected chi connectivity index (χ4v) is 0.796. The largest absolute Gasteiger partial charge is 0.387 e. The minimum absolute atomic E-state index is 0.469. The summed E-state index contributed by atoms with van der Waals surface area (Å²) in [5.41, 5.74) is 1.52. The van der Waals surface area contributed by atoms with Crippen LogP contribution in [0.5, 0.6) is 0 Å². The summed E-state index contributed by atoms with van der Waals surface area (Å²) in [6.07, 6.45) is 0.209. The highest BCUT2D eigenvalue weighted by Crippen LogP contribution is 2.11. The van der Waals surface area contributed by atoms with Crippen molar-refractivity contribution in [2.45, 2.75) is 26.4 Å². The lowest BCUT2D eigenvalue weighted by atomic mass is 10.2. The third kappa shape index (κ3) is 1.98. The summed E-state index contributed by atoms with van der Waals surface area (Å²) in [4.78, 5) is 0. The molecule has 0 saturated carbocycles. The molecule has 60 valence electrons. The molecule has 3 nitrogen and oxygen atoms in total. The number of rotatable bonds is 2. The summed E-state index contributed by atoms with van der Waals surface area (Å²) >= 11 is 0. The molecule has 0 aliphatic heterocycles. The van der Waals surface area contributed by atoms with E-state index in [0.29, 0.717) is 12.1 Å². The van der Waals surface area contributed by atoms with Gasteiger partial charge in [-0.05, 0) is 25.5 Å². The first kappa shape index (κ1) is 8.14. The second-order valence-corrected chi connectivity index (χ2v) is 2.52. The molecule has 1 aromatic rings. The highest BCUT2D eigenvalue weighted by molar-refractivity contribution is 5.07. The van der Waals surface area contributed by atoms with Gasteiger partial charge in [0.1, 0.15) is 0 Å². The number of aryl methyl sites for hydroxylation is 1. The van der Waals surface area contributed by atoms with Gasteiger partial charge >= 0.3 is 0 Å². The number of hydrogen-bond acceptors (Lipinski definition) is 3. The molecular weight excluding hydrogens is 140 g/mol. The van der Waals surface area contributed by atoms with Crippen molar-refractivity contribution in [3.63, 3.8) is 0 Å². The molecule has 1 heterocycles. The molecule has 0 radical (unpaired) electrons. The average molecular weight is 152 g/mol. The molecule has 0 bridgehead atoms. The van der Waals surface area contributed by atoms with Crippen molar-refractivity contribution in [3.05, 3.63) is 23.5 Å². The van der Waals surface area contributed by atoms with E-state index in [1.165, 1.54) is 0 Å². The standard InChI is InChI=1S/C8H12N2O/c1-3-8(11)7-5-4-6(2)9-10-7/h4-5,8,11H,3H2,1-2H3. The maximum atomic E-state index is 9.32. The van der Waals surface area contributed by atoms with Crippen LogP contribution in [-0.2, 0) is 0 Å². The predicted molar refractivity (Wildman–Crippen MR) is 42.0 cm³/mol. The number of aliphatic hydroxyl groups excluding tert-OH is 1. The van der Waals surface area contributed by atoms with Crippen LogP contribution >= 0.6 is 0 Å². The van der Waals surface area contributed by atoms with Crippen LogP contribution in [0, 0.1) is 6.92 Å². The molecule has 1 atom stereocenters. The van der Waals surface area contributed by atoms with Crippen LogP contribution in [0.3, 0.4) is 0 Å². The molecule has 0 aliphatic rings. The van der Waals surface area contributed by atoms with Crippen LogP contribution < -0.4 is 0 Å². The minimum Gasteiger partial charge on any atom is -0.387 e. The SMILES string of the molecule is CCC(O)c1ccc(C)nn1. The zero-order chi connectivity index (χ0) is 8.27. The fourth-order valence-electron chi connectivity index (χ4n) is 0.796. The van der Waals surface area contributed by atoms with Crippen molar-refractivity contribution in [1.29, 1.82) is 0 Å². The Hall–Kier alpha value is -0.960. The van der Waals surface area contributed by atoms with Gasteiger partial charge in [0.25, 0.3) is 0 Å². The van der Waals surface area contributed by atoms with E-state index < -0.39 is 6.10 Å². The normalized spacial score (nSPS) is 13.0. The molecule has 0 amide bonds. The lowest BCUT2D eigenvalue weighted by molar-refractivity contribution is 0.167. The van der Waals surface area contributed by atoms with E-state index in [1.54, 1.807) is 6.07 Å². The second kappa shape index (κ2) is 3.44. The third-order valence-corrected chi connectivity index (χ3v) is 1.55. The number of aliphatic hydroxyl groups is 1. The molecule has 0 aromatic carbocycles. The van der Waals surface area contributed by atoms with E-state index in [2.05, 4.69) is 10.2 Å². The molecule has 1 N–H and O–H groups in total. The van der Waals surface area contributed by atoms with Crippen LogP contribution in [0.2, 0.25) is 0 Å². The smallest absolute Gasteiger partial charge is 0.0975 e. The van der Waals surface area contributed by atoms with Crippen molar-refractivity contribution < 1.29 is 5.11 Å². The molecule has 0 fully saturated rings. The number of aromatic nitrogens is 2. The van der Waals surface area contributed by atoms with Crippen LogP contribution in [-0.4, -0.2) is 15.3 Å². The maximum absolute atomic E-state index is 9.32. The highest BCUT2D eigenvalue weighted by atomic mass is 16.3.